The average Bonchev–Trinajstić information content (AvgIpc) is 1.12. The standard InChI is InChI=1S/C46H31NS.C43H33N.C40H30N2/c1-5-15-32(16-6-1)35-25-27-43-41(29-35)42-31-38(26-28-44(42)48-43)47(37-22-11-4-12-23-37)46-39-24-14-13-21-36(39)30-40(33-17-7-2-8-18-33)45(46)34-19-9-3-10-20-34;1-4-13-31(14-5-1)33-23-26-38(27-24-33)44(39-28-25-32-20-12-21-36(32)29-39)43-40-22-11-10-19-37(40)30-41(34-15-6-2-7-16-34)42(43)35-17-8-3-9-18-35;1-29-21-26-38(41-28-29)42(35-24-22-31(23-25-35)30-13-5-2-6-14-30)40-36-20-12-11-19-34(36)27-37(32-15-7-3-8-16-32)39(40)33-17-9-4-10-18-33/h1-31H;1-11,13-19,22-30H,12,20-21H2;2-28H,1H3. The van der Waals surface area contributed by atoms with Crippen LogP contribution in [-0.2, 0) is 12.8 Å². The number of anilines is 9. The summed E-state index contributed by atoms with van der Waals surface area (Å²) in [5.41, 5.74) is 34.9. The Balaban J connectivity index is 0.000000117. The highest BCUT2D eigenvalue weighted by molar-refractivity contribution is 7.25. The van der Waals surface area contributed by atoms with Crippen molar-refractivity contribution in [1.29, 1.82) is 0 Å². The zero-order valence-electron chi connectivity index (χ0n) is 74.4. The van der Waals surface area contributed by atoms with Crippen molar-refractivity contribution < 1.29 is 0 Å². The predicted molar refractivity (Wildman–Crippen MR) is 572 cm³/mol. The van der Waals surface area contributed by atoms with Crippen molar-refractivity contribution in [2.75, 3.05) is 14.7 Å². The number of hydrogen-bond acceptors (Lipinski definition) is 5. The third-order valence-corrected chi connectivity index (χ3v) is 27.1. The van der Waals surface area contributed by atoms with Crippen LogP contribution in [0.2, 0.25) is 0 Å². The molecule has 0 saturated heterocycles. The summed E-state index contributed by atoms with van der Waals surface area (Å²) >= 11 is 1.86. The fraction of sp³-hybridized carbons (Fsp3) is 0.0310. The molecule has 0 N–H and O–H groups in total. The summed E-state index contributed by atoms with van der Waals surface area (Å²) in [5, 5.41) is 9.80. The van der Waals surface area contributed by atoms with Gasteiger partial charge in [0.1, 0.15) is 5.82 Å². The van der Waals surface area contributed by atoms with Crippen LogP contribution in [0.25, 0.3) is 153 Å². The van der Waals surface area contributed by atoms with Crippen molar-refractivity contribution in [2.24, 2.45) is 0 Å². The van der Waals surface area contributed by atoms with Gasteiger partial charge >= 0.3 is 0 Å². The normalized spacial score (nSPS) is 11.5. The van der Waals surface area contributed by atoms with Gasteiger partial charge in [-0.3, -0.25) is 4.90 Å². The average molecular weight is 1730 g/mol. The molecule has 23 aromatic rings. The first-order chi connectivity index (χ1) is 66.4. The van der Waals surface area contributed by atoms with Gasteiger partial charge in [0.2, 0.25) is 0 Å². The SMILES string of the molecule is Cc1ccc(N(c2ccc(-c3ccccc3)cc2)c2c(-c3ccccc3)c(-c3ccccc3)cc3ccccc23)nc1.c1ccc(-c2ccc(N(c3ccc4c(c3)CCC4)c3c(-c4ccccc4)c(-c4ccccc4)cc4ccccc34)cc2)cc1.c1ccc(-c2ccc3sc4ccc(N(c5ccccc5)c5c(-c6ccccc6)c(-c6ccccc6)cc6ccccc56)cc4c3c2)cc1. The Hall–Kier alpha value is -16.8. The van der Waals surface area contributed by atoms with Crippen LogP contribution in [0.5, 0.6) is 0 Å². The molecular weight excluding hydrogens is 1640 g/mol. The molecule has 21 aromatic carbocycles. The summed E-state index contributed by atoms with van der Waals surface area (Å²) in [6.07, 6.45) is 5.49. The lowest BCUT2D eigenvalue weighted by Gasteiger charge is -2.31. The van der Waals surface area contributed by atoms with E-state index < -0.39 is 0 Å². The maximum Gasteiger partial charge on any atom is 0.137 e. The molecule has 0 bridgehead atoms. The Morgan fingerprint density at radius 2 is 0.507 bits per heavy atom. The molecule has 1 aliphatic rings. The third-order valence-electron chi connectivity index (χ3n) is 25.9. The number of aromatic nitrogens is 1. The second kappa shape index (κ2) is 37.7. The van der Waals surface area contributed by atoms with E-state index in [4.69, 9.17) is 4.98 Å². The number of hydrogen-bond donors (Lipinski definition) is 0. The Kier molecular flexibility index (Phi) is 23.3. The minimum absolute atomic E-state index is 0.876. The molecule has 0 saturated carbocycles. The number of aryl methyl sites for hydroxylation is 3. The van der Waals surface area contributed by atoms with E-state index in [1.54, 1.807) is 0 Å². The predicted octanol–water partition coefficient (Wildman–Crippen LogP) is 36.5. The van der Waals surface area contributed by atoms with Crippen molar-refractivity contribution >= 4 is 115 Å². The molecule has 2 aromatic heterocycles. The third kappa shape index (κ3) is 16.8. The smallest absolute Gasteiger partial charge is 0.137 e. The van der Waals surface area contributed by atoms with Crippen LogP contribution in [0.3, 0.4) is 0 Å². The second-order valence-electron chi connectivity index (χ2n) is 34.3. The molecule has 0 unspecified atom stereocenters. The van der Waals surface area contributed by atoms with Crippen molar-refractivity contribution in [2.45, 2.75) is 26.2 Å². The largest absolute Gasteiger partial charge is 0.309 e. The minimum Gasteiger partial charge on any atom is -0.309 e. The molecule has 24 rings (SSSR count). The van der Waals surface area contributed by atoms with Crippen molar-refractivity contribution in [3.05, 3.63) is 532 Å². The van der Waals surface area contributed by atoms with Gasteiger partial charge in [0, 0.05) is 87.7 Å². The van der Waals surface area contributed by atoms with Crippen LogP contribution in [0.15, 0.2) is 516 Å². The number of fused-ring (bicyclic) bond motifs is 7. The summed E-state index contributed by atoms with van der Waals surface area (Å²) in [5.74, 6) is 0.876. The van der Waals surface area contributed by atoms with Crippen LogP contribution >= 0.6 is 11.3 Å². The zero-order chi connectivity index (χ0) is 89.5. The number of nitrogens with zero attached hydrogens (tertiary/aromatic N) is 4. The highest BCUT2D eigenvalue weighted by Gasteiger charge is 2.30. The number of thiophene rings is 1. The van der Waals surface area contributed by atoms with Crippen LogP contribution in [-0.4, -0.2) is 4.98 Å². The zero-order valence-corrected chi connectivity index (χ0v) is 75.2. The van der Waals surface area contributed by atoms with E-state index in [2.05, 4.69) is 531 Å². The Labute approximate surface area is 787 Å². The van der Waals surface area contributed by atoms with E-state index in [1.807, 2.05) is 17.5 Å². The fourth-order valence-corrected chi connectivity index (χ4v) is 20.6. The van der Waals surface area contributed by atoms with Gasteiger partial charge in [0.15, 0.2) is 0 Å². The van der Waals surface area contributed by atoms with Gasteiger partial charge < -0.3 is 9.80 Å². The molecule has 0 aliphatic heterocycles. The molecule has 2 heterocycles. The van der Waals surface area contributed by atoms with Gasteiger partial charge in [-0.1, -0.05) is 406 Å². The van der Waals surface area contributed by atoms with Gasteiger partial charge in [0.25, 0.3) is 0 Å². The van der Waals surface area contributed by atoms with Gasteiger partial charge in [-0.05, 0) is 246 Å². The molecule has 0 fully saturated rings. The molecule has 4 nitrogen and oxygen atoms in total. The van der Waals surface area contributed by atoms with Gasteiger partial charge in [-0.15, -0.1) is 11.3 Å². The quantitative estimate of drug-likeness (QED) is 0.0854. The van der Waals surface area contributed by atoms with Gasteiger partial charge in [0.05, 0.1) is 17.1 Å². The van der Waals surface area contributed by atoms with Crippen molar-refractivity contribution in [3.8, 4) is 100 Å². The first-order valence-corrected chi connectivity index (χ1v) is 47.1. The molecule has 0 radical (unpaired) electrons. The summed E-state index contributed by atoms with van der Waals surface area (Å²) in [6.45, 7) is 2.08. The van der Waals surface area contributed by atoms with Crippen molar-refractivity contribution in [3.63, 3.8) is 0 Å². The van der Waals surface area contributed by atoms with Gasteiger partial charge in [-0.2, -0.15) is 0 Å². The van der Waals surface area contributed by atoms with E-state index in [0.29, 0.717) is 0 Å². The molecule has 1 aliphatic carbocycles. The van der Waals surface area contributed by atoms with E-state index in [-0.39, 0.29) is 0 Å². The topological polar surface area (TPSA) is 22.6 Å². The lowest BCUT2D eigenvalue weighted by atomic mass is 9.88. The number of para-hydroxylation sites is 1. The maximum absolute atomic E-state index is 4.98. The minimum atomic E-state index is 0.876. The Morgan fingerprint density at radius 3 is 0.918 bits per heavy atom. The van der Waals surface area contributed by atoms with Crippen LogP contribution in [0.4, 0.5) is 51.3 Å². The highest BCUT2D eigenvalue weighted by atomic mass is 32.1. The summed E-state index contributed by atoms with van der Waals surface area (Å²) in [4.78, 5) is 12.3. The molecule has 0 atom stereocenters. The fourth-order valence-electron chi connectivity index (χ4n) is 19.5. The first kappa shape index (κ1) is 82.8. The summed E-state index contributed by atoms with van der Waals surface area (Å²) in [6, 6.07) is 184. The lowest BCUT2D eigenvalue weighted by molar-refractivity contribution is 0.912. The monoisotopic (exact) mass is 1730 g/mol. The molecule has 134 heavy (non-hydrogen) atoms. The lowest BCUT2D eigenvalue weighted by Crippen LogP contribution is -2.14. The molecule has 636 valence electrons. The van der Waals surface area contributed by atoms with Gasteiger partial charge in [-0.25, -0.2) is 4.98 Å². The van der Waals surface area contributed by atoms with Crippen LogP contribution < -0.4 is 14.7 Å². The maximum atomic E-state index is 4.98. The summed E-state index contributed by atoms with van der Waals surface area (Å²) in [7, 11) is 0. The van der Waals surface area contributed by atoms with E-state index in [1.165, 1.54) is 188 Å². The Morgan fingerprint density at radius 1 is 0.209 bits per heavy atom. The van der Waals surface area contributed by atoms with Crippen LogP contribution in [0.1, 0.15) is 23.1 Å². The molecule has 0 spiro atoms. The number of rotatable bonds is 18. The van der Waals surface area contributed by atoms with Crippen LogP contribution in [0, 0.1) is 6.92 Å². The van der Waals surface area contributed by atoms with E-state index in [0.717, 1.165) is 51.8 Å². The molecular formula is C129H94N4S. The first-order valence-electron chi connectivity index (χ1n) is 46.2. The Bertz CT molecular complexity index is 8070. The number of pyridine rings is 1. The summed E-state index contributed by atoms with van der Waals surface area (Å²) < 4.78 is 2.59. The second-order valence-corrected chi connectivity index (χ2v) is 35.4. The highest BCUT2D eigenvalue weighted by Crippen LogP contribution is 2.55. The van der Waals surface area contributed by atoms with E-state index in [9.17, 15) is 0 Å². The van der Waals surface area contributed by atoms with E-state index >= 15 is 0 Å². The molecule has 5 heteroatoms. The number of benzene rings is 21. The molecule has 0 amide bonds. The van der Waals surface area contributed by atoms with Crippen molar-refractivity contribution in [1.82, 2.24) is 4.98 Å².